The van der Waals surface area contributed by atoms with E-state index in [-0.39, 0.29) is 11.3 Å². The monoisotopic (exact) mass is 382 g/mol. The first kappa shape index (κ1) is 16.9. The van der Waals surface area contributed by atoms with E-state index in [9.17, 15) is 4.79 Å². The van der Waals surface area contributed by atoms with Crippen LogP contribution in [0.2, 0.25) is 0 Å². The molecule has 132 valence electrons. The van der Waals surface area contributed by atoms with Crippen molar-refractivity contribution in [2.45, 2.75) is 12.3 Å². The number of rotatable bonds is 3. The molecule has 1 aliphatic heterocycles. The van der Waals surface area contributed by atoms with Crippen molar-refractivity contribution < 1.29 is 4.79 Å². The fourth-order valence-electron chi connectivity index (χ4n) is 3.05. The Kier molecular flexibility index (Phi) is 4.57. The van der Waals surface area contributed by atoms with Gasteiger partial charge in [-0.1, -0.05) is 36.4 Å². The van der Waals surface area contributed by atoms with E-state index in [4.69, 9.17) is 12.2 Å². The van der Waals surface area contributed by atoms with Crippen molar-refractivity contribution in [1.29, 1.82) is 0 Å². The number of amides is 1. The van der Waals surface area contributed by atoms with Gasteiger partial charge in [0.25, 0.3) is 5.91 Å². The van der Waals surface area contributed by atoms with E-state index >= 15 is 0 Å². The largest absolute Gasteiger partial charge is 0.361 e. The molecular formula is C19H18N4OS2. The topological polar surface area (TPSA) is 60.2 Å². The zero-order valence-electron chi connectivity index (χ0n) is 14.2. The van der Waals surface area contributed by atoms with Gasteiger partial charge in [0, 0.05) is 28.4 Å². The van der Waals surface area contributed by atoms with Gasteiger partial charge in [-0.15, -0.1) is 11.8 Å². The molecular weight excluding hydrogens is 364 g/mol. The number of nitrogens with one attached hydrogen (secondary N) is 3. The maximum atomic E-state index is 12.4. The van der Waals surface area contributed by atoms with Gasteiger partial charge in [-0.2, -0.15) is 0 Å². The van der Waals surface area contributed by atoms with Gasteiger partial charge >= 0.3 is 0 Å². The highest BCUT2D eigenvalue weighted by molar-refractivity contribution is 8.00. The SMILES string of the molecule is Cc1ccccc1NC(=S)NN1C(=O)CSC1c1c[nH]c2ccccc12. The van der Waals surface area contributed by atoms with Gasteiger partial charge < -0.3 is 10.3 Å². The number of para-hydroxylation sites is 2. The van der Waals surface area contributed by atoms with Crippen LogP contribution < -0.4 is 10.7 Å². The maximum absolute atomic E-state index is 12.4. The average molecular weight is 383 g/mol. The maximum Gasteiger partial charge on any atom is 0.252 e. The Labute approximate surface area is 161 Å². The summed E-state index contributed by atoms with van der Waals surface area (Å²) in [6.45, 7) is 2.01. The fraction of sp³-hybridized carbons (Fsp3) is 0.158. The van der Waals surface area contributed by atoms with Crippen LogP contribution in [-0.4, -0.2) is 26.8 Å². The number of benzene rings is 2. The van der Waals surface area contributed by atoms with Crippen molar-refractivity contribution in [3.8, 4) is 0 Å². The molecule has 4 rings (SSSR count). The molecule has 0 spiro atoms. The lowest BCUT2D eigenvalue weighted by Gasteiger charge is -2.26. The quantitative estimate of drug-likeness (QED) is 0.599. The number of aromatic amines is 1. The number of fused-ring (bicyclic) bond motifs is 1. The summed E-state index contributed by atoms with van der Waals surface area (Å²) in [4.78, 5) is 15.7. The second-order valence-electron chi connectivity index (χ2n) is 6.10. The Hall–Kier alpha value is -2.51. The molecule has 3 aromatic rings. The third-order valence-electron chi connectivity index (χ3n) is 4.37. The summed E-state index contributed by atoms with van der Waals surface area (Å²) in [7, 11) is 0. The number of H-pyrrole nitrogens is 1. The predicted octanol–water partition coefficient (Wildman–Crippen LogP) is 3.95. The first-order valence-corrected chi connectivity index (χ1v) is 9.72. The van der Waals surface area contributed by atoms with Crippen LogP contribution in [-0.2, 0) is 4.79 Å². The summed E-state index contributed by atoms with van der Waals surface area (Å²) in [6, 6.07) is 16.0. The van der Waals surface area contributed by atoms with Crippen molar-refractivity contribution in [2.75, 3.05) is 11.1 Å². The third kappa shape index (κ3) is 3.15. The normalized spacial score (nSPS) is 16.9. The molecule has 5 nitrogen and oxygen atoms in total. The van der Waals surface area contributed by atoms with E-state index in [1.165, 1.54) is 0 Å². The highest BCUT2D eigenvalue weighted by atomic mass is 32.2. The van der Waals surface area contributed by atoms with Crippen molar-refractivity contribution in [3.63, 3.8) is 0 Å². The van der Waals surface area contributed by atoms with Gasteiger partial charge in [0.15, 0.2) is 5.11 Å². The Morgan fingerprint density at radius 1 is 1.23 bits per heavy atom. The Bertz CT molecular complexity index is 984. The van der Waals surface area contributed by atoms with E-state index in [0.717, 1.165) is 27.7 Å². The number of aromatic nitrogens is 1. The van der Waals surface area contributed by atoms with Gasteiger partial charge in [-0.3, -0.25) is 10.2 Å². The molecule has 0 bridgehead atoms. The average Bonchev–Trinajstić information content (AvgIpc) is 3.21. The molecule has 3 N–H and O–H groups in total. The standard InChI is InChI=1S/C19H18N4OS2/c1-12-6-2-4-8-15(12)21-19(25)22-23-17(24)11-26-18(23)14-10-20-16-9-5-3-7-13(14)16/h2-10,18,20H,11H2,1H3,(H2,21,22,25). The smallest absolute Gasteiger partial charge is 0.252 e. The molecule has 1 unspecified atom stereocenters. The van der Waals surface area contributed by atoms with Crippen molar-refractivity contribution >= 4 is 51.6 Å². The summed E-state index contributed by atoms with van der Waals surface area (Å²) in [5, 5.41) is 6.18. The Morgan fingerprint density at radius 2 is 2.00 bits per heavy atom. The number of nitrogens with zero attached hydrogens (tertiary/aromatic N) is 1. The second-order valence-corrected chi connectivity index (χ2v) is 7.57. The number of hydrogen-bond donors (Lipinski definition) is 3. The van der Waals surface area contributed by atoms with Crippen LogP contribution in [0.4, 0.5) is 5.69 Å². The summed E-state index contributed by atoms with van der Waals surface area (Å²) >= 11 is 7.02. The third-order valence-corrected chi connectivity index (χ3v) is 5.76. The molecule has 1 fully saturated rings. The molecule has 1 aliphatic rings. The van der Waals surface area contributed by atoms with Gasteiger partial charge in [0.05, 0.1) is 5.75 Å². The molecule has 2 heterocycles. The molecule has 1 amide bonds. The highest BCUT2D eigenvalue weighted by Gasteiger charge is 2.35. The number of hydrogen-bond acceptors (Lipinski definition) is 3. The molecule has 1 aromatic heterocycles. The van der Waals surface area contributed by atoms with Gasteiger partial charge in [-0.25, -0.2) is 5.01 Å². The number of thioether (sulfide) groups is 1. The van der Waals surface area contributed by atoms with Crippen LogP contribution in [0.3, 0.4) is 0 Å². The first-order valence-electron chi connectivity index (χ1n) is 8.26. The molecule has 2 aromatic carbocycles. The van der Waals surface area contributed by atoms with Gasteiger partial charge in [0.2, 0.25) is 0 Å². The fourth-order valence-corrected chi connectivity index (χ4v) is 4.39. The highest BCUT2D eigenvalue weighted by Crippen LogP contribution is 2.40. The van der Waals surface area contributed by atoms with Crippen molar-refractivity contribution in [2.24, 2.45) is 0 Å². The lowest BCUT2D eigenvalue weighted by Crippen LogP contribution is -2.46. The van der Waals surface area contributed by atoms with Crippen LogP contribution >= 0.6 is 24.0 Å². The number of carbonyl (C=O) groups is 1. The molecule has 1 atom stereocenters. The number of anilines is 1. The van der Waals surface area contributed by atoms with Crippen LogP contribution in [0.1, 0.15) is 16.5 Å². The van der Waals surface area contributed by atoms with E-state index in [0.29, 0.717) is 10.9 Å². The van der Waals surface area contributed by atoms with Crippen LogP contribution in [0, 0.1) is 6.92 Å². The number of aryl methyl sites for hydroxylation is 1. The Balaban J connectivity index is 1.55. The van der Waals surface area contributed by atoms with Crippen molar-refractivity contribution in [1.82, 2.24) is 15.4 Å². The van der Waals surface area contributed by atoms with Gasteiger partial charge in [-0.05, 0) is 36.8 Å². The summed E-state index contributed by atoms with van der Waals surface area (Å²) in [5.74, 6) is 0.434. The van der Waals surface area contributed by atoms with Crippen LogP contribution in [0.5, 0.6) is 0 Å². The zero-order chi connectivity index (χ0) is 18.1. The van der Waals surface area contributed by atoms with Gasteiger partial charge in [0.1, 0.15) is 5.37 Å². The molecule has 7 heteroatoms. The van der Waals surface area contributed by atoms with Crippen LogP contribution in [0.15, 0.2) is 54.7 Å². The Morgan fingerprint density at radius 3 is 2.85 bits per heavy atom. The minimum absolute atomic E-state index is 0.0132. The van der Waals surface area contributed by atoms with E-state index < -0.39 is 0 Å². The molecule has 26 heavy (non-hydrogen) atoms. The minimum atomic E-state index is -0.129. The second kappa shape index (κ2) is 7.01. The zero-order valence-corrected chi connectivity index (χ0v) is 15.8. The number of hydrazine groups is 1. The molecule has 0 radical (unpaired) electrons. The lowest BCUT2D eigenvalue weighted by atomic mass is 10.1. The molecule has 0 aliphatic carbocycles. The first-order chi connectivity index (χ1) is 12.6. The predicted molar refractivity (Wildman–Crippen MR) is 111 cm³/mol. The van der Waals surface area contributed by atoms with Crippen LogP contribution in [0.25, 0.3) is 10.9 Å². The summed E-state index contributed by atoms with van der Waals surface area (Å²) < 4.78 is 0. The summed E-state index contributed by atoms with van der Waals surface area (Å²) in [6.07, 6.45) is 1.97. The number of carbonyl (C=O) groups excluding carboxylic acids is 1. The van der Waals surface area contributed by atoms with Crippen molar-refractivity contribution in [3.05, 3.63) is 65.9 Å². The number of thiocarbonyl (C=S) groups is 1. The lowest BCUT2D eigenvalue weighted by molar-refractivity contribution is -0.129. The van der Waals surface area contributed by atoms with E-state index in [1.54, 1.807) is 16.8 Å². The molecule has 0 saturated carbocycles. The summed E-state index contributed by atoms with van der Waals surface area (Å²) in [5.41, 5.74) is 7.22. The van der Waals surface area contributed by atoms with E-state index in [1.807, 2.05) is 55.6 Å². The van der Waals surface area contributed by atoms with E-state index in [2.05, 4.69) is 21.8 Å². The minimum Gasteiger partial charge on any atom is -0.361 e. The molecule has 1 saturated heterocycles.